The number of rotatable bonds is 3. The van der Waals surface area contributed by atoms with E-state index in [-0.39, 0.29) is 19.2 Å². The fraction of sp³-hybridized carbons (Fsp3) is 0.200. The summed E-state index contributed by atoms with van der Waals surface area (Å²) in [6.45, 7) is 0.157. The van der Waals surface area contributed by atoms with E-state index in [1.165, 1.54) is 11.3 Å². The summed E-state index contributed by atoms with van der Waals surface area (Å²) in [5.41, 5.74) is 0.866. The van der Waals surface area contributed by atoms with Crippen molar-refractivity contribution in [2.24, 2.45) is 0 Å². The Morgan fingerprint density at radius 3 is 3.00 bits per heavy atom. The van der Waals surface area contributed by atoms with Gasteiger partial charge in [0.25, 0.3) is 0 Å². The SMILES string of the molecule is O=C(NCCO)Nc1nc2ccccc2s1. The molecule has 0 aliphatic rings. The number of nitrogens with one attached hydrogen (secondary N) is 2. The number of aromatic nitrogens is 1. The van der Waals surface area contributed by atoms with E-state index in [0.29, 0.717) is 5.13 Å². The van der Waals surface area contributed by atoms with Crippen LogP contribution in [0.5, 0.6) is 0 Å². The van der Waals surface area contributed by atoms with Crippen molar-refractivity contribution >= 4 is 32.7 Å². The molecular formula is C10H11N3O2S. The van der Waals surface area contributed by atoms with E-state index in [1.807, 2.05) is 24.3 Å². The number of aliphatic hydroxyl groups excluding tert-OH is 1. The van der Waals surface area contributed by atoms with Crippen LogP contribution in [0.4, 0.5) is 9.93 Å². The van der Waals surface area contributed by atoms with Crippen LogP contribution in [0.2, 0.25) is 0 Å². The fourth-order valence-electron chi connectivity index (χ4n) is 1.24. The quantitative estimate of drug-likeness (QED) is 0.755. The van der Waals surface area contributed by atoms with E-state index < -0.39 is 0 Å². The topological polar surface area (TPSA) is 74.2 Å². The molecule has 0 aliphatic carbocycles. The van der Waals surface area contributed by atoms with Gasteiger partial charge < -0.3 is 10.4 Å². The molecule has 1 heterocycles. The Morgan fingerprint density at radius 1 is 1.44 bits per heavy atom. The van der Waals surface area contributed by atoms with E-state index in [2.05, 4.69) is 15.6 Å². The summed E-state index contributed by atoms with van der Waals surface area (Å²) < 4.78 is 1.03. The van der Waals surface area contributed by atoms with E-state index in [4.69, 9.17) is 5.11 Å². The monoisotopic (exact) mass is 237 g/mol. The maximum absolute atomic E-state index is 11.3. The average molecular weight is 237 g/mol. The number of amides is 2. The molecule has 0 unspecified atom stereocenters. The minimum Gasteiger partial charge on any atom is -0.395 e. The maximum Gasteiger partial charge on any atom is 0.321 e. The van der Waals surface area contributed by atoms with Gasteiger partial charge in [-0.25, -0.2) is 9.78 Å². The molecule has 6 heteroatoms. The Hall–Kier alpha value is -1.66. The highest BCUT2D eigenvalue weighted by Gasteiger charge is 2.05. The van der Waals surface area contributed by atoms with Crippen molar-refractivity contribution in [1.29, 1.82) is 0 Å². The lowest BCUT2D eigenvalue weighted by molar-refractivity contribution is 0.245. The van der Waals surface area contributed by atoms with Gasteiger partial charge >= 0.3 is 6.03 Å². The standard InChI is InChI=1S/C10H11N3O2S/c14-6-5-11-9(15)13-10-12-7-3-1-2-4-8(7)16-10/h1-4,14H,5-6H2,(H2,11,12,13,15). The Morgan fingerprint density at radius 2 is 2.25 bits per heavy atom. The van der Waals surface area contributed by atoms with Crippen molar-refractivity contribution in [3.8, 4) is 0 Å². The number of para-hydroxylation sites is 1. The molecule has 0 bridgehead atoms. The highest BCUT2D eigenvalue weighted by molar-refractivity contribution is 7.22. The first-order valence-corrected chi connectivity index (χ1v) is 5.62. The molecule has 0 radical (unpaired) electrons. The Balaban J connectivity index is 2.07. The Labute approximate surface area is 96.1 Å². The molecule has 0 spiro atoms. The van der Waals surface area contributed by atoms with Crippen molar-refractivity contribution in [2.45, 2.75) is 0 Å². The van der Waals surface area contributed by atoms with Crippen LogP contribution >= 0.6 is 11.3 Å². The molecular weight excluding hydrogens is 226 g/mol. The molecule has 2 amide bonds. The molecule has 0 saturated heterocycles. The summed E-state index contributed by atoms with van der Waals surface area (Å²) in [6.07, 6.45) is 0. The zero-order valence-electron chi connectivity index (χ0n) is 8.43. The molecule has 16 heavy (non-hydrogen) atoms. The molecule has 84 valence electrons. The number of nitrogens with zero attached hydrogens (tertiary/aromatic N) is 1. The van der Waals surface area contributed by atoms with Crippen molar-refractivity contribution in [1.82, 2.24) is 10.3 Å². The second-order valence-electron chi connectivity index (χ2n) is 3.09. The summed E-state index contributed by atoms with van der Waals surface area (Å²) >= 11 is 1.41. The minimum atomic E-state index is -0.354. The van der Waals surface area contributed by atoms with Crippen LogP contribution in [0.1, 0.15) is 0 Å². The third-order valence-electron chi connectivity index (χ3n) is 1.91. The second kappa shape index (κ2) is 4.91. The van der Waals surface area contributed by atoms with Crippen LogP contribution in [-0.2, 0) is 0 Å². The molecule has 2 aromatic rings. The van der Waals surface area contributed by atoms with Gasteiger partial charge in [0.2, 0.25) is 0 Å². The zero-order chi connectivity index (χ0) is 11.4. The zero-order valence-corrected chi connectivity index (χ0v) is 9.25. The normalized spacial score (nSPS) is 10.3. The van der Waals surface area contributed by atoms with Gasteiger partial charge in [-0.05, 0) is 12.1 Å². The van der Waals surface area contributed by atoms with Gasteiger partial charge in [0, 0.05) is 6.54 Å². The Bertz CT molecular complexity index is 465. The van der Waals surface area contributed by atoms with Crippen molar-refractivity contribution in [3.63, 3.8) is 0 Å². The van der Waals surface area contributed by atoms with Crippen LogP contribution in [0.3, 0.4) is 0 Å². The summed E-state index contributed by atoms with van der Waals surface area (Å²) in [4.78, 5) is 15.5. The van der Waals surface area contributed by atoms with Gasteiger partial charge in [0.05, 0.1) is 16.8 Å². The van der Waals surface area contributed by atoms with Crippen LogP contribution in [0.25, 0.3) is 10.2 Å². The second-order valence-corrected chi connectivity index (χ2v) is 4.12. The van der Waals surface area contributed by atoms with Gasteiger partial charge in [-0.2, -0.15) is 0 Å². The molecule has 3 N–H and O–H groups in total. The number of urea groups is 1. The van der Waals surface area contributed by atoms with Crippen LogP contribution in [0, 0.1) is 0 Å². The molecule has 1 aromatic heterocycles. The molecule has 0 atom stereocenters. The maximum atomic E-state index is 11.3. The third-order valence-corrected chi connectivity index (χ3v) is 2.86. The lowest BCUT2D eigenvalue weighted by Crippen LogP contribution is -2.30. The van der Waals surface area contributed by atoms with Gasteiger partial charge in [-0.1, -0.05) is 23.5 Å². The van der Waals surface area contributed by atoms with E-state index in [9.17, 15) is 4.79 Å². The first-order chi connectivity index (χ1) is 7.79. The lowest BCUT2D eigenvalue weighted by atomic mass is 10.3. The summed E-state index contributed by atoms with van der Waals surface area (Å²) in [5.74, 6) is 0. The predicted molar refractivity (Wildman–Crippen MR) is 63.7 cm³/mol. The summed E-state index contributed by atoms with van der Waals surface area (Å²) in [7, 11) is 0. The number of aliphatic hydroxyl groups is 1. The van der Waals surface area contributed by atoms with E-state index in [0.717, 1.165) is 10.2 Å². The largest absolute Gasteiger partial charge is 0.395 e. The predicted octanol–water partition coefficient (Wildman–Crippen LogP) is 1.41. The minimum absolute atomic E-state index is 0.0761. The number of anilines is 1. The van der Waals surface area contributed by atoms with Crippen LogP contribution in [0.15, 0.2) is 24.3 Å². The number of carbonyl (C=O) groups is 1. The molecule has 2 rings (SSSR count). The van der Waals surface area contributed by atoms with Gasteiger partial charge in [0.15, 0.2) is 5.13 Å². The van der Waals surface area contributed by atoms with Crippen molar-refractivity contribution < 1.29 is 9.90 Å². The number of hydrogen-bond donors (Lipinski definition) is 3. The molecule has 0 aliphatic heterocycles. The first-order valence-electron chi connectivity index (χ1n) is 4.81. The van der Waals surface area contributed by atoms with E-state index >= 15 is 0 Å². The number of hydrogen-bond acceptors (Lipinski definition) is 4. The van der Waals surface area contributed by atoms with Crippen LogP contribution < -0.4 is 10.6 Å². The average Bonchev–Trinajstić information content (AvgIpc) is 2.68. The van der Waals surface area contributed by atoms with Crippen molar-refractivity contribution in [2.75, 3.05) is 18.5 Å². The summed E-state index contributed by atoms with van der Waals surface area (Å²) in [5, 5.41) is 14.2. The smallest absolute Gasteiger partial charge is 0.321 e. The van der Waals surface area contributed by atoms with E-state index in [1.54, 1.807) is 0 Å². The number of benzene rings is 1. The van der Waals surface area contributed by atoms with Gasteiger partial charge in [0.1, 0.15) is 0 Å². The number of carbonyl (C=O) groups excluding carboxylic acids is 1. The highest BCUT2D eigenvalue weighted by Crippen LogP contribution is 2.24. The summed E-state index contributed by atoms with van der Waals surface area (Å²) in [6, 6.07) is 7.31. The number of fused-ring (bicyclic) bond motifs is 1. The van der Waals surface area contributed by atoms with Gasteiger partial charge in [-0.3, -0.25) is 5.32 Å². The van der Waals surface area contributed by atoms with Gasteiger partial charge in [-0.15, -0.1) is 0 Å². The lowest BCUT2D eigenvalue weighted by Gasteiger charge is -2.01. The third kappa shape index (κ3) is 2.47. The molecule has 0 saturated carbocycles. The fourth-order valence-corrected chi connectivity index (χ4v) is 2.10. The first kappa shape index (κ1) is 10.8. The highest BCUT2D eigenvalue weighted by atomic mass is 32.1. The molecule has 0 fully saturated rings. The number of thiazole rings is 1. The van der Waals surface area contributed by atoms with Crippen LogP contribution in [-0.4, -0.2) is 29.3 Å². The van der Waals surface area contributed by atoms with Crippen molar-refractivity contribution in [3.05, 3.63) is 24.3 Å². The Kier molecular flexibility index (Phi) is 3.33. The molecule has 1 aromatic carbocycles. The molecule has 5 nitrogen and oxygen atoms in total.